The van der Waals surface area contributed by atoms with Gasteiger partial charge in [0.1, 0.15) is 0 Å². The number of alkyl halides is 1. The Morgan fingerprint density at radius 1 is 1.62 bits per heavy atom. The number of ether oxygens (including phenoxy) is 1. The molecule has 0 bridgehead atoms. The van der Waals surface area contributed by atoms with Gasteiger partial charge in [-0.15, -0.1) is 0 Å². The van der Waals surface area contributed by atoms with Crippen LogP contribution in [0, 0.1) is 5.95 Å². The van der Waals surface area contributed by atoms with Crippen LogP contribution in [0.1, 0.15) is 6.42 Å². The molecule has 0 aliphatic carbocycles. The van der Waals surface area contributed by atoms with E-state index >= 15 is 0 Å². The minimum Gasteiger partial charge on any atom is -0.489 e. The quantitative estimate of drug-likeness (QED) is 0.491. The SMILES string of the molecule is O=C(CBr)NCCCOc1cccnc1[18F]. The molecule has 1 N–H and O–H groups in total. The molecule has 1 heterocycles. The molecule has 0 aromatic carbocycles. The van der Waals surface area contributed by atoms with Crippen LogP contribution in [0.3, 0.4) is 0 Å². The van der Waals surface area contributed by atoms with Gasteiger partial charge in [0.2, 0.25) is 5.91 Å². The molecule has 0 radical (unpaired) electrons. The summed E-state index contributed by atoms with van der Waals surface area (Å²) in [7, 11) is 0. The summed E-state index contributed by atoms with van der Waals surface area (Å²) >= 11 is 3.03. The van der Waals surface area contributed by atoms with Gasteiger partial charge in [-0.25, -0.2) is 4.98 Å². The molecule has 0 unspecified atom stereocenters. The molecule has 0 saturated carbocycles. The number of pyridine rings is 1. The Kier molecular flexibility index (Phi) is 5.77. The van der Waals surface area contributed by atoms with E-state index in [-0.39, 0.29) is 17.0 Å². The van der Waals surface area contributed by atoms with Gasteiger partial charge < -0.3 is 10.1 Å². The summed E-state index contributed by atoms with van der Waals surface area (Å²) in [4.78, 5) is 14.3. The maximum atomic E-state index is 13.0. The van der Waals surface area contributed by atoms with Crippen LogP contribution in [0.2, 0.25) is 0 Å². The van der Waals surface area contributed by atoms with Gasteiger partial charge in [-0.1, -0.05) is 15.9 Å². The zero-order valence-corrected chi connectivity index (χ0v) is 10.2. The van der Waals surface area contributed by atoms with Crippen molar-refractivity contribution in [2.75, 3.05) is 18.5 Å². The topological polar surface area (TPSA) is 51.2 Å². The van der Waals surface area contributed by atoms with E-state index < -0.39 is 5.95 Å². The van der Waals surface area contributed by atoms with Gasteiger partial charge >= 0.3 is 0 Å². The Labute approximate surface area is 101 Å². The number of hydrogen-bond acceptors (Lipinski definition) is 3. The maximum Gasteiger partial charge on any atom is 0.255 e. The molecule has 0 saturated heterocycles. The number of carbonyl (C=O) groups excluding carboxylic acids is 1. The molecule has 1 amide bonds. The molecule has 0 atom stereocenters. The number of rotatable bonds is 6. The van der Waals surface area contributed by atoms with E-state index in [1.54, 1.807) is 6.07 Å². The van der Waals surface area contributed by atoms with Crippen LogP contribution in [-0.4, -0.2) is 29.4 Å². The molecular weight excluding hydrogens is 278 g/mol. The molecule has 0 aliphatic rings. The van der Waals surface area contributed by atoms with Gasteiger partial charge in [-0.3, -0.25) is 4.79 Å². The molecule has 0 aliphatic heterocycles. The van der Waals surface area contributed by atoms with Crippen LogP contribution in [0.25, 0.3) is 0 Å². The highest BCUT2D eigenvalue weighted by Gasteiger charge is 2.02. The molecule has 0 fully saturated rings. The monoisotopic (exact) mass is 289 g/mol. The zero-order chi connectivity index (χ0) is 11.8. The highest BCUT2D eigenvalue weighted by Crippen LogP contribution is 2.12. The molecule has 4 nitrogen and oxygen atoms in total. The lowest BCUT2D eigenvalue weighted by molar-refractivity contribution is -0.118. The second kappa shape index (κ2) is 7.16. The van der Waals surface area contributed by atoms with Crippen molar-refractivity contribution in [2.24, 2.45) is 0 Å². The van der Waals surface area contributed by atoms with Crippen LogP contribution in [0.5, 0.6) is 5.75 Å². The first-order valence-electron chi connectivity index (χ1n) is 4.80. The third-order valence-corrected chi connectivity index (χ3v) is 2.26. The van der Waals surface area contributed by atoms with Gasteiger partial charge in [-0.2, -0.15) is 4.39 Å². The van der Waals surface area contributed by atoms with Gasteiger partial charge in [-0.05, 0) is 18.6 Å². The molecule has 0 spiro atoms. The smallest absolute Gasteiger partial charge is 0.255 e. The summed E-state index contributed by atoms with van der Waals surface area (Å²) < 4.78 is 18.1. The minimum atomic E-state index is -0.619. The summed E-state index contributed by atoms with van der Waals surface area (Å²) in [6, 6.07) is 3.12. The summed E-state index contributed by atoms with van der Waals surface area (Å²) in [6.07, 6.45) is 1.98. The van der Waals surface area contributed by atoms with Gasteiger partial charge in [0.05, 0.1) is 11.9 Å². The second-order valence-corrected chi connectivity index (χ2v) is 3.54. The summed E-state index contributed by atoms with van der Waals surface area (Å²) in [6.45, 7) is 0.845. The Bertz CT molecular complexity index is 349. The number of amides is 1. The summed E-state index contributed by atoms with van der Waals surface area (Å²) in [5.41, 5.74) is 0. The van der Waals surface area contributed by atoms with Crippen LogP contribution < -0.4 is 10.1 Å². The van der Waals surface area contributed by atoms with Crippen molar-refractivity contribution < 1.29 is 13.9 Å². The van der Waals surface area contributed by atoms with Gasteiger partial charge in [0, 0.05) is 12.7 Å². The number of aromatic nitrogens is 1. The normalized spacial score (nSPS) is 9.88. The molecular formula is C10H12BrFN2O2. The average molecular weight is 290 g/mol. The highest BCUT2D eigenvalue weighted by atomic mass is 79.9. The zero-order valence-electron chi connectivity index (χ0n) is 8.58. The van der Waals surface area contributed by atoms with Crippen molar-refractivity contribution in [3.05, 3.63) is 24.3 Å². The first-order chi connectivity index (χ1) is 7.74. The Balaban J connectivity index is 2.17. The number of halogens is 2. The molecule has 1 rings (SSSR count). The van der Waals surface area contributed by atoms with Crippen molar-refractivity contribution in [1.29, 1.82) is 0 Å². The molecule has 1 aromatic heterocycles. The highest BCUT2D eigenvalue weighted by molar-refractivity contribution is 9.09. The average Bonchev–Trinajstić information content (AvgIpc) is 2.30. The Morgan fingerprint density at radius 3 is 3.12 bits per heavy atom. The van der Waals surface area contributed by atoms with E-state index in [4.69, 9.17) is 4.74 Å². The van der Waals surface area contributed by atoms with Crippen LogP contribution in [0.4, 0.5) is 4.39 Å². The van der Waals surface area contributed by atoms with Gasteiger partial charge in [0.25, 0.3) is 5.95 Å². The van der Waals surface area contributed by atoms with Crippen LogP contribution in [0.15, 0.2) is 18.3 Å². The van der Waals surface area contributed by atoms with Crippen molar-refractivity contribution >= 4 is 21.8 Å². The molecule has 1 aromatic rings. The Morgan fingerprint density at radius 2 is 2.44 bits per heavy atom. The third kappa shape index (κ3) is 4.57. The fourth-order valence-electron chi connectivity index (χ4n) is 1.01. The maximum absolute atomic E-state index is 13.0. The second-order valence-electron chi connectivity index (χ2n) is 2.98. The van der Waals surface area contributed by atoms with Crippen molar-refractivity contribution in [3.63, 3.8) is 0 Å². The lowest BCUT2D eigenvalue weighted by Gasteiger charge is -2.06. The fourth-order valence-corrected chi connectivity index (χ4v) is 1.21. The van der Waals surface area contributed by atoms with Crippen molar-refractivity contribution in [1.82, 2.24) is 10.3 Å². The number of hydrogen-bond donors (Lipinski definition) is 1. The largest absolute Gasteiger partial charge is 0.489 e. The van der Waals surface area contributed by atoms with E-state index in [2.05, 4.69) is 26.2 Å². The Hall–Kier alpha value is -1.17. The summed E-state index contributed by atoms with van der Waals surface area (Å²) in [5, 5.41) is 2.94. The minimum absolute atomic E-state index is 0.0763. The molecule has 16 heavy (non-hydrogen) atoms. The van der Waals surface area contributed by atoms with Crippen LogP contribution >= 0.6 is 15.9 Å². The predicted molar refractivity (Wildman–Crippen MR) is 61.1 cm³/mol. The van der Waals surface area contributed by atoms with E-state index in [0.717, 1.165) is 0 Å². The number of carbonyl (C=O) groups is 1. The van der Waals surface area contributed by atoms with E-state index in [1.165, 1.54) is 12.3 Å². The van der Waals surface area contributed by atoms with Crippen LogP contribution in [-0.2, 0) is 4.79 Å². The van der Waals surface area contributed by atoms with E-state index in [0.29, 0.717) is 19.6 Å². The first-order valence-corrected chi connectivity index (χ1v) is 5.92. The standard InChI is InChI=1S/C10H12BrFN2O2/c11-7-9(15)13-5-2-6-16-8-3-1-4-14-10(8)12/h1,3-4H,2,5-7H2,(H,13,15)/i12-1. The fraction of sp³-hybridized carbons (Fsp3) is 0.400. The van der Waals surface area contributed by atoms with Crippen molar-refractivity contribution in [3.8, 4) is 5.75 Å². The molecule has 88 valence electrons. The number of nitrogens with zero attached hydrogens (tertiary/aromatic N) is 1. The summed E-state index contributed by atoms with van der Waals surface area (Å²) in [5.74, 6) is -0.561. The van der Waals surface area contributed by atoms with E-state index in [9.17, 15) is 9.18 Å². The lowest BCUT2D eigenvalue weighted by atomic mass is 10.4. The first kappa shape index (κ1) is 12.9. The van der Waals surface area contributed by atoms with Crippen molar-refractivity contribution in [2.45, 2.75) is 6.42 Å². The lowest BCUT2D eigenvalue weighted by Crippen LogP contribution is -2.26. The molecule has 6 heteroatoms. The number of nitrogens with one attached hydrogen (secondary N) is 1. The van der Waals surface area contributed by atoms with E-state index in [1.807, 2.05) is 0 Å². The van der Waals surface area contributed by atoms with Gasteiger partial charge in [0.15, 0.2) is 5.75 Å². The predicted octanol–water partition coefficient (Wildman–Crippen LogP) is 1.50. The third-order valence-electron chi connectivity index (χ3n) is 1.75.